The third-order valence-electron chi connectivity index (χ3n) is 2.40. The molecule has 93 valence electrons. The van der Waals surface area contributed by atoms with Gasteiger partial charge >= 0.3 is 6.18 Å². The second-order valence-corrected chi connectivity index (χ2v) is 3.68. The zero-order valence-electron chi connectivity index (χ0n) is 9.37. The van der Waals surface area contributed by atoms with Crippen LogP contribution in [0.15, 0.2) is 48.5 Å². The molecule has 0 bridgehead atoms. The molecule has 2 rings (SSSR count). The van der Waals surface area contributed by atoms with Crippen molar-refractivity contribution in [1.29, 1.82) is 0 Å². The second kappa shape index (κ2) is 5.12. The monoisotopic (exact) mass is 251 g/mol. The lowest BCUT2D eigenvalue weighted by molar-refractivity contribution is -0.138. The molecule has 0 aliphatic rings. The van der Waals surface area contributed by atoms with E-state index in [0.717, 1.165) is 6.07 Å². The van der Waals surface area contributed by atoms with Gasteiger partial charge in [-0.1, -0.05) is 30.3 Å². The Bertz CT molecular complexity index is 506. The van der Waals surface area contributed by atoms with Crippen LogP contribution >= 0.6 is 0 Å². The van der Waals surface area contributed by atoms with Crippen molar-refractivity contribution in [2.45, 2.75) is 12.8 Å². The molecule has 0 saturated carbocycles. The van der Waals surface area contributed by atoms with Crippen LogP contribution < -0.4 is 4.74 Å². The predicted octanol–water partition coefficient (Wildman–Crippen LogP) is 4.08. The molecule has 0 aromatic heterocycles. The van der Waals surface area contributed by atoms with Crippen LogP contribution in [0.25, 0.3) is 0 Å². The quantitative estimate of drug-likeness (QED) is 0.798. The highest BCUT2D eigenvalue weighted by Gasteiger charge is 2.32. The summed E-state index contributed by atoms with van der Waals surface area (Å²) in [6.07, 6.45) is -4.36. The largest absolute Gasteiger partial charge is 0.489 e. The third-order valence-corrected chi connectivity index (χ3v) is 2.40. The van der Waals surface area contributed by atoms with Gasteiger partial charge in [0, 0.05) is 5.56 Å². The van der Waals surface area contributed by atoms with Crippen LogP contribution in [0.2, 0.25) is 0 Å². The summed E-state index contributed by atoms with van der Waals surface area (Å²) in [5.74, 6) is 0.519. The van der Waals surface area contributed by atoms with Crippen molar-refractivity contribution in [2.24, 2.45) is 0 Å². The lowest BCUT2D eigenvalue weighted by Gasteiger charge is -2.13. The molecule has 18 heavy (non-hydrogen) atoms. The number of benzene rings is 2. The standard InChI is InChI=1S/C14H10F3O/c15-14(16,17)13-9-5-4-6-11(13)10-18-12-7-2-1-3-8-12/h2-9H,10H2. The number of hydrogen-bond acceptors (Lipinski definition) is 1. The van der Waals surface area contributed by atoms with Gasteiger partial charge < -0.3 is 4.74 Å². The number of hydrogen-bond donors (Lipinski definition) is 0. The van der Waals surface area contributed by atoms with Crippen LogP contribution in [0.5, 0.6) is 5.75 Å². The molecule has 2 aromatic rings. The first kappa shape index (κ1) is 12.5. The molecule has 0 heterocycles. The molecule has 0 aliphatic heterocycles. The zero-order chi connectivity index (χ0) is 13.0. The smallest absolute Gasteiger partial charge is 0.416 e. The van der Waals surface area contributed by atoms with Crippen LogP contribution in [0.1, 0.15) is 11.1 Å². The summed E-state index contributed by atoms with van der Waals surface area (Å²) in [6, 6.07) is 14.8. The minimum absolute atomic E-state index is 0.111. The number of ether oxygens (including phenoxy) is 1. The first-order chi connectivity index (χ1) is 8.57. The fraction of sp³-hybridized carbons (Fsp3) is 0.143. The molecule has 0 atom stereocenters. The Kier molecular flexibility index (Phi) is 3.55. The molecular formula is C14H10F3O. The van der Waals surface area contributed by atoms with Gasteiger partial charge in [-0.25, -0.2) is 0 Å². The summed E-state index contributed by atoms with van der Waals surface area (Å²) in [5.41, 5.74) is -0.537. The van der Waals surface area contributed by atoms with E-state index in [1.54, 1.807) is 30.3 Å². The van der Waals surface area contributed by atoms with E-state index in [0.29, 0.717) is 5.75 Å². The van der Waals surface area contributed by atoms with Gasteiger partial charge in [-0.15, -0.1) is 0 Å². The Morgan fingerprint density at radius 3 is 2.33 bits per heavy atom. The molecule has 0 aliphatic carbocycles. The van der Waals surface area contributed by atoms with E-state index in [-0.39, 0.29) is 12.2 Å². The van der Waals surface area contributed by atoms with E-state index in [1.165, 1.54) is 12.1 Å². The SMILES string of the molecule is FC(F)(F)c1ccccc1COc1cc[c]cc1. The molecule has 1 radical (unpaired) electrons. The fourth-order valence-corrected chi connectivity index (χ4v) is 1.55. The summed E-state index contributed by atoms with van der Waals surface area (Å²) in [5, 5.41) is 0. The summed E-state index contributed by atoms with van der Waals surface area (Å²) in [4.78, 5) is 0. The molecule has 0 spiro atoms. The Morgan fingerprint density at radius 2 is 1.67 bits per heavy atom. The van der Waals surface area contributed by atoms with Gasteiger partial charge in [0.25, 0.3) is 0 Å². The van der Waals surface area contributed by atoms with Crippen molar-refractivity contribution in [2.75, 3.05) is 0 Å². The van der Waals surface area contributed by atoms with Crippen molar-refractivity contribution in [1.82, 2.24) is 0 Å². The van der Waals surface area contributed by atoms with Crippen molar-refractivity contribution in [3.8, 4) is 5.75 Å². The maximum absolute atomic E-state index is 12.7. The van der Waals surface area contributed by atoms with E-state index < -0.39 is 11.7 Å². The average molecular weight is 251 g/mol. The maximum atomic E-state index is 12.7. The van der Waals surface area contributed by atoms with E-state index in [1.807, 2.05) is 0 Å². The van der Waals surface area contributed by atoms with E-state index in [9.17, 15) is 13.2 Å². The van der Waals surface area contributed by atoms with Gasteiger partial charge in [-0.05, 0) is 24.3 Å². The highest BCUT2D eigenvalue weighted by molar-refractivity contribution is 5.30. The van der Waals surface area contributed by atoms with Gasteiger partial charge in [0.05, 0.1) is 5.56 Å². The molecule has 0 unspecified atom stereocenters. The number of rotatable bonds is 3. The van der Waals surface area contributed by atoms with Crippen molar-refractivity contribution in [3.63, 3.8) is 0 Å². The van der Waals surface area contributed by atoms with Gasteiger partial charge in [-0.3, -0.25) is 0 Å². The Hall–Kier alpha value is -1.97. The number of halogens is 3. The molecule has 1 nitrogen and oxygen atoms in total. The highest BCUT2D eigenvalue weighted by atomic mass is 19.4. The van der Waals surface area contributed by atoms with Crippen LogP contribution in [-0.2, 0) is 12.8 Å². The van der Waals surface area contributed by atoms with E-state index in [2.05, 4.69) is 6.07 Å². The molecule has 0 amide bonds. The van der Waals surface area contributed by atoms with Crippen LogP contribution in [-0.4, -0.2) is 0 Å². The van der Waals surface area contributed by atoms with Crippen molar-refractivity contribution in [3.05, 3.63) is 65.7 Å². The van der Waals surface area contributed by atoms with Crippen LogP contribution in [0.4, 0.5) is 13.2 Å². The summed E-state index contributed by atoms with van der Waals surface area (Å²) in [7, 11) is 0. The molecule has 4 heteroatoms. The molecule has 0 saturated heterocycles. The van der Waals surface area contributed by atoms with Crippen molar-refractivity contribution < 1.29 is 17.9 Å². The summed E-state index contributed by atoms with van der Waals surface area (Å²) >= 11 is 0. The Labute approximate surface area is 103 Å². The first-order valence-corrected chi connectivity index (χ1v) is 5.31. The van der Waals surface area contributed by atoms with Gasteiger partial charge in [0.1, 0.15) is 12.4 Å². The minimum Gasteiger partial charge on any atom is -0.489 e. The Morgan fingerprint density at radius 1 is 1.00 bits per heavy atom. The van der Waals surface area contributed by atoms with E-state index in [4.69, 9.17) is 4.74 Å². The third kappa shape index (κ3) is 3.03. The lowest BCUT2D eigenvalue weighted by atomic mass is 10.1. The zero-order valence-corrected chi connectivity index (χ0v) is 9.37. The normalized spacial score (nSPS) is 11.3. The highest BCUT2D eigenvalue weighted by Crippen LogP contribution is 2.32. The van der Waals surface area contributed by atoms with Crippen molar-refractivity contribution >= 4 is 0 Å². The van der Waals surface area contributed by atoms with Crippen LogP contribution in [0, 0.1) is 6.07 Å². The van der Waals surface area contributed by atoms with Gasteiger partial charge in [0.15, 0.2) is 0 Å². The first-order valence-electron chi connectivity index (χ1n) is 5.31. The molecule has 0 fully saturated rings. The number of alkyl halides is 3. The van der Waals surface area contributed by atoms with Gasteiger partial charge in [0.2, 0.25) is 0 Å². The fourth-order valence-electron chi connectivity index (χ4n) is 1.55. The van der Waals surface area contributed by atoms with Gasteiger partial charge in [-0.2, -0.15) is 13.2 Å². The molecule has 2 aromatic carbocycles. The molecule has 0 N–H and O–H groups in total. The lowest BCUT2D eigenvalue weighted by Crippen LogP contribution is -2.10. The van der Waals surface area contributed by atoms with E-state index >= 15 is 0 Å². The topological polar surface area (TPSA) is 9.23 Å². The average Bonchev–Trinajstić information content (AvgIpc) is 2.37. The molecular weight excluding hydrogens is 241 g/mol. The summed E-state index contributed by atoms with van der Waals surface area (Å²) in [6.45, 7) is -0.111. The summed E-state index contributed by atoms with van der Waals surface area (Å²) < 4.78 is 43.4. The predicted molar refractivity (Wildman–Crippen MR) is 61.1 cm³/mol. The second-order valence-electron chi connectivity index (χ2n) is 3.68. The Balaban J connectivity index is 2.15. The minimum atomic E-state index is -4.36. The van der Waals surface area contributed by atoms with Crippen LogP contribution in [0.3, 0.4) is 0 Å². The maximum Gasteiger partial charge on any atom is 0.416 e.